The summed E-state index contributed by atoms with van der Waals surface area (Å²) in [6.07, 6.45) is 13.0. The molecular formula is C23H38N2O3S. The number of hydrogen-bond donors (Lipinski definition) is 1. The van der Waals surface area contributed by atoms with E-state index >= 15 is 0 Å². The molecule has 1 N–H and O–H groups in total. The molecule has 0 aliphatic rings. The number of thioether (sulfide) groups is 1. The van der Waals surface area contributed by atoms with Crippen molar-refractivity contribution in [1.82, 2.24) is 5.32 Å². The van der Waals surface area contributed by atoms with Gasteiger partial charge in [-0.05, 0) is 59.8 Å². The van der Waals surface area contributed by atoms with E-state index in [1.165, 1.54) is 28.5 Å². The Labute approximate surface area is 180 Å². The number of rotatable bonds is 15. The van der Waals surface area contributed by atoms with Crippen molar-refractivity contribution in [2.45, 2.75) is 85.6 Å². The van der Waals surface area contributed by atoms with Crippen LogP contribution < -0.4 is 5.32 Å². The summed E-state index contributed by atoms with van der Waals surface area (Å²) >= 11 is 1.52. The highest BCUT2D eigenvalue weighted by Crippen LogP contribution is 2.13. The molecule has 0 spiro atoms. The highest BCUT2D eigenvalue weighted by molar-refractivity contribution is 7.99. The van der Waals surface area contributed by atoms with Crippen molar-refractivity contribution in [1.29, 1.82) is 0 Å². The summed E-state index contributed by atoms with van der Waals surface area (Å²) in [5.41, 5.74) is 4.09. The van der Waals surface area contributed by atoms with Crippen LogP contribution in [0.25, 0.3) is 0 Å². The van der Waals surface area contributed by atoms with Gasteiger partial charge in [-0.25, -0.2) is 0 Å². The molecule has 0 rings (SSSR count). The number of nitroso groups, excluding NO2 is 1. The minimum Gasteiger partial charge on any atom is -0.343 e. The van der Waals surface area contributed by atoms with Crippen LogP contribution in [-0.4, -0.2) is 29.4 Å². The van der Waals surface area contributed by atoms with Crippen LogP contribution in [0.15, 0.2) is 40.1 Å². The predicted molar refractivity (Wildman–Crippen MR) is 125 cm³/mol. The monoisotopic (exact) mass is 422 g/mol. The summed E-state index contributed by atoms with van der Waals surface area (Å²) in [6.45, 7) is 10.5. The van der Waals surface area contributed by atoms with Gasteiger partial charge in [0.15, 0.2) is 0 Å². The van der Waals surface area contributed by atoms with E-state index in [9.17, 15) is 14.5 Å². The van der Waals surface area contributed by atoms with Crippen LogP contribution in [-0.2, 0) is 9.59 Å². The number of hydrogen-bond acceptors (Lipinski definition) is 4. The van der Waals surface area contributed by atoms with Crippen molar-refractivity contribution in [2.75, 3.05) is 11.5 Å². The average molecular weight is 423 g/mol. The first kappa shape index (κ1) is 27.3. The molecule has 0 heterocycles. The normalized spacial score (nSPS) is 13.0. The molecule has 0 aromatic heterocycles. The van der Waals surface area contributed by atoms with Gasteiger partial charge < -0.3 is 5.32 Å². The van der Waals surface area contributed by atoms with E-state index in [0.29, 0.717) is 12.2 Å². The van der Waals surface area contributed by atoms with Gasteiger partial charge >= 0.3 is 5.91 Å². The van der Waals surface area contributed by atoms with Crippen molar-refractivity contribution in [3.05, 3.63) is 39.9 Å². The van der Waals surface area contributed by atoms with Gasteiger partial charge in [-0.3, -0.25) is 9.59 Å². The largest absolute Gasteiger partial charge is 0.343 e. The molecule has 0 bridgehead atoms. The molecule has 0 aliphatic carbocycles. The van der Waals surface area contributed by atoms with Crippen molar-refractivity contribution in [2.24, 2.45) is 5.18 Å². The second-order valence-corrected chi connectivity index (χ2v) is 8.73. The van der Waals surface area contributed by atoms with Crippen molar-refractivity contribution in [3.63, 3.8) is 0 Å². The second kappa shape index (κ2) is 17.2. The minimum absolute atomic E-state index is 0.201. The maximum absolute atomic E-state index is 11.8. The van der Waals surface area contributed by atoms with Crippen LogP contribution in [0, 0.1) is 4.91 Å². The number of carbonyl (C=O) groups is 2. The summed E-state index contributed by atoms with van der Waals surface area (Å²) in [4.78, 5) is 34.0. The van der Waals surface area contributed by atoms with Crippen LogP contribution in [0.1, 0.15) is 79.6 Å². The van der Waals surface area contributed by atoms with E-state index in [0.717, 1.165) is 44.3 Å². The van der Waals surface area contributed by atoms with Gasteiger partial charge in [-0.1, -0.05) is 48.3 Å². The molecule has 164 valence electrons. The van der Waals surface area contributed by atoms with Crippen molar-refractivity contribution in [3.8, 4) is 0 Å². The Morgan fingerprint density at radius 1 is 0.966 bits per heavy atom. The molecule has 0 radical (unpaired) electrons. The fraction of sp³-hybridized carbons (Fsp3) is 0.652. The standard InChI is InChI=1S/C23H38N2O3S/c1-6-7-14-22(26)24-21(23(27)25-28)17-29-16-15-20(5)13-9-12-19(4)11-8-10-18(2)3/h10,12,15,21H,6-9,11,13-14,16-17H2,1-5H3,(H,24,26)/b19-12+,20-15+/t21-/m0/s1. The molecule has 6 heteroatoms. The van der Waals surface area contributed by atoms with E-state index in [1.54, 1.807) is 0 Å². The molecule has 0 aliphatic heterocycles. The Morgan fingerprint density at radius 2 is 1.59 bits per heavy atom. The number of allylic oxidation sites excluding steroid dienone is 5. The van der Waals surface area contributed by atoms with Crippen molar-refractivity contribution < 1.29 is 9.59 Å². The maximum atomic E-state index is 11.8. The third-order valence-corrected chi connectivity index (χ3v) is 5.41. The Balaban J connectivity index is 4.28. The highest BCUT2D eigenvalue weighted by atomic mass is 32.2. The van der Waals surface area contributed by atoms with E-state index in [1.807, 2.05) is 6.92 Å². The fourth-order valence-electron chi connectivity index (χ4n) is 2.57. The lowest BCUT2D eigenvalue weighted by molar-refractivity contribution is -0.126. The SMILES string of the molecule is CCCCC(=O)N[C@@H](CSC/C=C(\C)CC/C=C(\C)CCC=C(C)C)C(=O)N=O. The molecule has 0 fully saturated rings. The lowest BCUT2D eigenvalue weighted by atomic mass is 10.1. The van der Waals surface area contributed by atoms with Crippen LogP contribution >= 0.6 is 11.8 Å². The highest BCUT2D eigenvalue weighted by Gasteiger charge is 2.21. The number of carbonyl (C=O) groups excluding carboxylic acids is 2. The van der Waals surface area contributed by atoms with Gasteiger partial charge in [-0.2, -0.15) is 11.8 Å². The first-order valence-corrected chi connectivity index (χ1v) is 11.6. The number of nitrogens with one attached hydrogen (secondary N) is 1. The van der Waals surface area contributed by atoms with E-state index in [-0.39, 0.29) is 5.91 Å². The number of nitrogens with zero attached hydrogens (tertiary/aromatic N) is 1. The fourth-order valence-corrected chi connectivity index (χ4v) is 3.57. The quantitative estimate of drug-likeness (QED) is 0.196. The maximum Gasteiger partial charge on any atom is 0.309 e. The first-order valence-electron chi connectivity index (χ1n) is 10.5. The molecule has 0 unspecified atom stereocenters. The van der Waals surface area contributed by atoms with Crippen molar-refractivity contribution >= 4 is 23.6 Å². The number of amides is 2. The van der Waals surface area contributed by atoms with Gasteiger partial charge in [-0.15, -0.1) is 4.91 Å². The molecular weight excluding hydrogens is 384 g/mol. The van der Waals surface area contributed by atoms with Crippen LogP contribution in [0.4, 0.5) is 0 Å². The molecule has 0 aromatic carbocycles. The minimum atomic E-state index is -0.832. The summed E-state index contributed by atoms with van der Waals surface area (Å²) in [7, 11) is 0. The zero-order chi connectivity index (χ0) is 22.1. The molecule has 0 saturated carbocycles. The topological polar surface area (TPSA) is 75.6 Å². The summed E-state index contributed by atoms with van der Waals surface area (Å²) in [6, 6.07) is -0.832. The predicted octanol–water partition coefficient (Wildman–Crippen LogP) is 6.11. The molecule has 29 heavy (non-hydrogen) atoms. The summed E-state index contributed by atoms with van der Waals surface area (Å²) in [5.74, 6) is 0.0859. The van der Waals surface area contributed by atoms with E-state index in [4.69, 9.17) is 0 Å². The first-order chi connectivity index (χ1) is 13.8. The summed E-state index contributed by atoms with van der Waals surface area (Å²) in [5, 5.41) is 5.11. The zero-order valence-corrected chi connectivity index (χ0v) is 19.6. The van der Waals surface area contributed by atoms with E-state index < -0.39 is 11.9 Å². The smallest absolute Gasteiger partial charge is 0.309 e. The Bertz CT molecular complexity index is 605. The molecule has 5 nitrogen and oxygen atoms in total. The second-order valence-electron chi connectivity index (χ2n) is 7.65. The van der Waals surface area contributed by atoms with Crippen LogP contribution in [0.2, 0.25) is 0 Å². The van der Waals surface area contributed by atoms with E-state index in [2.05, 4.69) is 56.4 Å². The number of unbranched alkanes of at least 4 members (excludes halogenated alkanes) is 1. The third-order valence-electron chi connectivity index (χ3n) is 4.44. The van der Waals surface area contributed by atoms with Gasteiger partial charge in [0, 0.05) is 23.1 Å². The van der Waals surface area contributed by atoms with Gasteiger partial charge in [0.1, 0.15) is 6.04 Å². The lowest BCUT2D eigenvalue weighted by Gasteiger charge is -2.13. The molecule has 0 saturated heterocycles. The van der Waals surface area contributed by atoms with Gasteiger partial charge in [0.05, 0.1) is 0 Å². The van der Waals surface area contributed by atoms with Gasteiger partial charge in [0.2, 0.25) is 5.91 Å². The van der Waals surface area contributed by atoms with Gasteiger partial charge in [0.25, 0.3) is 0 Å². The molecule has 2 amide bonds. The van der Waals surface area contributed by atoms with Crippen LogP contribution in [0.5, 0.6) is 0 Å². The third kappa shape index (κ3) is 15.9. The zero-order valence-electron chi connectivity index (χ0n) is 18.8. The Morgan fingerprint density at radius 3 is 2.17 bits per heavy atom. The lowest BCUT2D eigenvalue weighted by Crippen LogP contribution is -2.41. The average Bonchev–Trinajstić information content (AvgIpc) is 2.67. The Kier molecular flexibility index (Phi) is 16.2. The molecule has 0 aromatic rings. The molecule has 1 atom stereocenters. The Hall–Kier alpha value is -1.69. The summed E-state index contributed by atoms with van der Waals surface area (Å²) < 4.78 is 0. The van der Waals surface area contributed by atoms with Crippen LogP contribution in [0.3, 0.4) is 0 Å².